The highest BCUT2D eigenvalue weighted by Gasteiger charge is 2.21. The fraction of sp³-hybridized carbons (Fsp3) is 0.400. The Morgan fingerprint density at radius 1 is 1.24 bits per heavy atom. The second-order valence-electron chi connectivity index (χ2n) is 4.92. The molecule has 0 saturated carbocycles. The number of hydrogen-bond donors (Lipinski definition) is 1. The van der Waals surface area contributed by atoms with Crippen LogP contribution in [0, 0.1) is 6.92 Å². The highest BCUT2D eigenvalue weighted by atomic mass is 35.5. The predicted octanol–water partition coefficient (Wildman–Crippen LogP) is 4.58. The second-order valence-corrected chi connectivity index (χ2v) is 6.11. The number of aryl methyl sites for hydroxylation is 2. The van der Waals surface area contributed by atoms with Crippen LogP contribution in [0.2, 0.25) is 15.1 Å². The molecule has 0 fully saturated rings. The van der Waals surface area contributed by atoms with E-state index in [-0.39, 0.29) is 6.04 Å². The summed E-state index contributed by atoms with van der Waals surface area (Å²) in [5, 5.41) is 9.79. The summed E-state index contributed by atoms with van der Waals surface area (Å²) in [4.78, 5) is 0. The van der Waals surface area contributed by atoms with Crippen molar-refractivity contribution in [2.45, 2.75) is 26.3 Å². The Bertz CT molecular complexity index is 617. The molecule has 1 aromatic heterocycles. The van der Waals surface area contributed by atoms with Crippen molar-refractivity contribution in [3.8, 4) is 0 Å². The molecule has 0 aliphatic rings. The van der Waals surface area contributed by atoms with Crippen LogP contribution >= 0.6 is 34.8 Å². The van der Waals surface area contributed by atoms with Crippen molar-refractivity contribution in [2.24, 2.45) is 7.05 Å². The molecule has 0 radical (unpaired) electrons. The topological polar surface area (TPSA) is 29.9 Å². The first-order valence-electron chi connectivity index (χ1n) is 6.81. The van der Waals surface area contributed by atoms with Gasteiger partial charge in [-0.2, -0.15) is 5.10 Å². The van der Waals surface area contributed by atoms with Crippen molar-refractivity contribution in [1.29, 1.82) is 0 Å². The van der Waals surface area contributed by atoms with Gasteiger partial charge in [0.15, 0.2) is 0 Å². The van der Waals surface area contributed by atoms with E-state index in [2.05, 4.69) is 10.4 Å². The molecule has 0 saturated heterocycles. The molecule has 21 heavy (non-hydrogen) atoms. The first kappa shape index (κ1) is 16.6. The van der Waals surface area contributed by atoms with E-state index in [0.717, 1.165) is 23.5 Å². The van der Waals surface area contributed by atoms with Crippen LogP contribution in [0.4, 0.5) is 0 Å². The zero-order valence-corrected chi connectivity index (χ0v) is 14.5. The Hall–Kier alpha value is -0.740. The van der Waals surface area contributed by atoms with E-state index < -0.39 is 0 Å². The molecule has 1 unspecified atom stereocenters. The maximum Gasteiger partial charge on any atom is 0.0847 e. The molecular formula is C15H18Cl3N3. The highest BCUT2D eigenvalue weighted by Crippen LogP contribution is 2.33. The fourth-order valence-corrected chi connectivity index (χ4v) is 3.36. The zero-order chi connectivity index (χ0) is 15.6. The van der Waals surface area contributed by atoms with Crippen molar-refractivity contribution in [2.75, 3.05) is 6.54 Å². The minimum Gasteiger partial charge on any atom is -0.310 e. The van der Waals surface area contributed by atoms with Gasteiger partial charge in [-0.05, 0) is 25.6 Å². The van der Waals surface area contributed by atoms with Crippen molar-refractivity contribution < 1.29 is 0 Å². The lowest BCUT2D eigenvalue weighted by Gasteiger charge is -2.21. The van der Waals surface area contributed by atoms with Crippen LogP contribution in [0.15, 0.2) is 18.2 Å². The molecular weight excluding hydrogens is 329 g/mol. The van der Waals surface area contributed by atoms with E-state index >= 15 is 0 Å². The van der Waals surface area contributed by atoms with Crippen LogP contribution in [0.3, 0.4) is 0 Å². The van der Waals surface area contributed by atoms with Crippen molar-refractivity contribution in [3.63, 3.8) is 0 Å². The Morgan fingerprint density at radius 3 is 2.33 bits per heavy atom. The molecule has 114 valence electrons. The van der Waals surface area contributed by atoms with Gasteiger partial charge in [0.25, 0.3) is 0 Å². The van der Waals surface area contributed by atoms with Crippen LogP contribution in [0.1, 0.15) is 29.9 Å². The zero-order valence-electron chi connectivity index (χ0n) is 12.3. The SMILES string of the molecule is CCNC(Cc1c(Cl)c(C)nn1C)c1c(Cl)cccc1Cl. The number of aromatic nitrogens is 2. The molecule has 1 heterocycles. The lowest BCUT2D eigenvalue weighted by atomic mass is 10.0. The largest absolute Gasteiger partial charge is 0.310 e. The van der Waals surface area contributed by atoms with E-state index in [4.69, 9.17) is 34.8 Å². The van der Waals surface area contributed by atoms with Gasteiger partial charge < -0.3 is 5.32 Å². The van der Waals surface area contributed by atoms with Crippen molar-refractivity contribution in [3.05, 3.63) is 50.2 Å². The van der Waals surface area contributed by atoms with Crippen LogP contribution < -0.4 is 5.32 Å². The van der Waals surface area contributed by atoms with E-state index in [1.54, 1.807) is 0 Å². The van der Waals surface area contributed by atoms with Crippen molar-refractivity contribution in [1.82, 2.24) is 15.1 Å². The Morgan fingerprint density at radius 2 is 1.86 bits per heavy atom. The standard InChI is InChI=1S/C15H18Cl3N3/c1-4-19-12(14-10(16)6-5-7-11(14)17)8-13-15(18)9(2)20-21(13)3/h5-7,12,19H,4,8H2,1-3H3. The van der Waals surface area contributed by atoms with Gasteiger partial charge in [-0.15, -0.1) is 0 Å². The average molecular weight is 347 g/mol. The number of benzene rings is 1. The first-order valence-corrected chi connectivity index (χ1v) is 7.94. The third-order valence-corrected chi connectivity index (χ3v) is 4.61. The molecule has 2 rings (SSSR count). The van der Waals surface area contributed by atoms with Gasteiger partial charge in [-0.25, -0.2) is 0 Å². The third kappa shape index (κ3) is 3.54. The lowest BCUT2D eigenvalue weighted by Crippen LogP contribution is -2.24. The van der Waals surface area contributed by atoms with Gasteiger partial charge in [0.2, 0.25) is 0 Å². The monoisotopic (exact) mass is 345 g/mol. The summed E-state index contributed by atoms with van der Waals surface area (Å²) in [6.45, 7) is 4.76. The van der Waals surface area contributed by atoms with Gasteiger partial charge in [0.05, 0.1) is 16.4 Å². The molecule has 0 amide bonds. The number of nitrogens with zero attached hydrogens (tertiary/aromatic N) is 2. The number of rotatable bonds is 5. The number of halogens is 3. The Balaban J connectivity index is 2.40. The summed E-state index contributed by atoms with van der Waals surface area (Å²) in [6, 6.07) is 5.54. The minimum atomic E-state index is -0.0106. The van der Waals surface area contributed by atoms with Gasteiger partial charge in [0, 0.05) is 35.1 Å². The molecule has 2 aromatic rings. The molecule has 0 bridgehead atoms. The average Bonchev–Trinajstić information content (AvgIpc) is 2.65. The maximum atomic E-state index is 6.35. The molecule has 1 aromatic carbocycles. The number of nitrogens with one attached hydrogen (secondary N) is 1. The molecule has 1 N–H and O–H groups in total. The molecule has 6 heteroatoms. The fourth-order valence-electron chi connectivity index (χ4n) is 2.46. The Kier molecular flexibility index (Phi) is 5.55. The highest BCUT2D eigenvalue weighted by molar-refractivity contribution is 6.36. The lowest BCUT2D eigenvalue weighted by molar-refractivity contribution is 0.529. The van der Waals surface area contributed by atoms with Crippen LogP contribution in [-0.2, 0) is 13.5 Å². The summed E-state index contributed by atoms with van der Waals surface area (Å²) in [6.07, 6.45) is 0.674. The minimum absolute atomic E-state index is 0.0106. The number of hydrogen-bond acceptors (Lipinski definition) is 2. The van der Waals surface area contributed by atoms with Gasteiger partial charge in [0.1, 0.15) is 0 Å². The van der Waals surface area contributed by atoms with Gasteiger partial charge >= 0.3 is 0 Å². The predicted molar refractivity (Wildman–Crippen MR) is 89.5 cm³/mol. The van der Waals surface area contributed by atoms with Crippen LogP contribution in [0.25, 0.3) is 0 Å². The van der Waals surface area contributed by atoms with E-state index in [0.29, 0.717) is 21.5 Å². The number of likely N-dealkylation sites (N-methyl/N-ethyl adjacent to an activating group) is 1. The molecule has 0 spiro atoms. The summed E-state index contributed by atoms with van der Waals surface area (Å²) in [5.74, 6) is 0. The van der Waals surface area contributed by atoms with Crippen LogP contribution in [-0.4, -0.2) is 16.3 Å². The summed E-state index contributed by atoms with van der Waals surface area (Å²) >= 11 is 19.0. The van der Waals surface area contributed by atoms with Gasteiger partial charge in [-0.1, -0.05) is 47.8 Å². The molecule has 0 aliphatic carbocycles. The molecule has 3 nitrogen and oxygen atoms in total. The first-order chi connectivity index (χ1) is 9.95. The van der Waals surface area contributed by atoms with E-state index in [1.165, 1.54) is 0 Å². The third-order valence-electron chi connectivity index (χ3n) is 3.46. The summed E-state index contributed by atoms with van der Waals surface area (Å²) in [5.41, 5.74) is 2.70. The normalized spacial score (nSPS) is 12.7. The second kappa shape index (κ2) is 7.01. The maximum absolute atomic E-state index is 6.35. The van der Waals surface area contributed by atoms with Gasteiger partial charge in [-0.3, -0.25) is 4.68 Å². The summed E-state index contributed by atoms with van der Waals surface area (Å²) < 4.78 is 1.81. The van der Waals surface area contributed by atoms with Crippen LogP contribution in [0.5, 0.6) is 0 Å². The Labute approximate surface area is 140 Å². The quantitative estimate of drug-likeness (QED) is 0.858. The summed E-state index contributed by atoms with van der Waals surface area (Å²) in [7, 11) is 1.89. The van der Waals surface area contributed by atoms with E-state index in [1.807, 2.05) is 43.8 Å². The smallest absolute Gasteiger partial charge is 0.0847 e. The van der Waals surface area contributed by atoms with E-state index in [9.17, 15) is 0 Å². The molecule has 0 aliphatic heterocycles. The molecule has 1 atom stereocenters. The van der Waals surface area contributed by atoms with Crippen molar-refractivity contribution >= 4 is 34.8 Å².